The first-order chi connectivity index (χ1) is 15.0. The first-order valence-electron chi connectivity index (χ1n) is 11.0. The van der Waals surface area contributed by atoms with Crippen LogP contribution in [0.3, 0.4) is 0 Å². The first kappa shape index (κ1) is 21.2. The lowest BCUT2D eigenvalue weighted by Crippen LogP contribution is -2.46. The summed E-state index contributed by atoms with van der Waals surface area (Å²) in [6.07, 6.45) is 0.312. The molecule has 0 aliphatic carbocycles. The number of carbonyl (C=O) groups excluding carboxylic acids is 2. The Labute approximate surface area is 183 Å². The largest absolute Gasteiger partial charge is 0.478 e. The number of piperazine rings is 1. The smallest absolute Gasteiger partial charge is 0.268 e. The van der Waals surface area contributed by atoms with Crippen LogP contribution in [0.4, 0.5) is 17.1 Å². The third kappa shape index (κ3) is 4.82. The highest BCUT2D eigenvalue weighted by atomic mass is 16.5. The third-order valence-electron chi connectivity index (χ3n) is 5.92. The zero-order valence-electron chi connectivity index (χ0n) is 18.2. The number of carbonyl (C=O) groups is 2. The Bertz CT molecular complexity index is 923. The number of nitrogens with one attached hydrogen (secondary N) is 1. The van der Waals surface area contributed by atoms with E-state index in [0.717, 1.165) is 37.6 Å². The van der Waals surface area contributed by atoms with E-state index in [0.29, 0.717) is 18.7 Å². The van der Waals surface area contributed by atoms with Crippen LogP contribution >= 0.6 is 0 Å². The normalized spacial score (nSPS) is 19.0. The highest BCUT2D eigenvalue weighted by Crippen LogP contribution is 2.34. The van der Waals surface area contributed by atoms with Crippen LogP contribution in [0, 0.1) is 0 Å². The van der Waals surface area contributed by atoms with Gasteiger partial charge in [0.2, 0.25) is 5.91 Å². The molecule has 4 rings (SSSR count). The summed E-state index contributed by atoms with van der Waals surface area (Å²) in [5.74, 6) is 0.483. The molecule has 0 saturated carbocycles. The lowest BCUT2D eigenvalue weighted by Gasteiger charge is -2.34. The van der Waals surface area contributed by atoms with Crippen molar-refractivity contribution in [3.05, 3.63) is 48.5 Å². The van der Waals surface area contributed by atoms with Gasteiger partial charge >= 0.3 is 0 Å². The van der Waals surface area contributed by atoms with Gasteiger partial charge in [-0.05, 0) is 49.9 Å². The standard InChI is InChI=1S/C24H30N4O3/c1-3-21-24(30)28(20-6-4-5-7-22(20)31-21)13-12-23(29)25-18-8-10-19(11-9-18)27-16-14-26(2)15-17-27/h4-11,21H,3,12-17H2,1-2H3,(H,25,29). The summed E-state index contributed by atoms with van der Waals surface area (Å²) in [5, 5.41) is 2.95. The fourth-order valence-electron chi connectivity index (χ4n) is 4.02. The van der Waals surface area contributed by atoms with Gasteiger partial charge in [-0.2, -0.15) is 0 Å². The van der Waals surface area contributed by atoms with Crippen LogP contribution in [-0.4, -0.2) is 62.6 Å². The van der Waals surface area contributed by atoms with Crippen molar-refractivity contribution >= 4 is 28.9 Å². The second kappa shape index (κ2) is 9.39. The number of fused-ring (bicyclic) bond motifs is 1. The number of amides is 2. The van der Waals surface area contributed by atoms with Crippen LogP contribution in [-0.2, 0) is 9.59 Å². The van der Waals surface area contributed by atoms with Gasteiger partial charge in [0.25, 0.3) is 5.91 Å². The van der Waals surface area contributed by atoms with Crippen LogP contribution in [0.1, 0.15) is 19.8 Å². The number of likely N-dealkylation sites (N-methyl/N-ethyl adjacent to an activating group) is 1. The first-order valence-corrected chi connectivity index (χ1v) is 11.0. The maximum absolute atomic E-state index is 12.8. The van der Waals surface area contributed by atoms with Gasteiger partial charge in [-0.3, -0.25) is 9.59 Å². The van der Waals surface area contributed by atoms with E-state index in [4.69, 9.17) is 4.74 Å². The molecule has 1 atom stereocenters. The summed E-state index contributed by atoms with van der Waals surface area (Å²) in [7, 11) is 2.14. The quantitative estimate of drug-likeness (QED) is 0.775. The number of hydrogen-bond acceptors (Lipinski definition) is 5. The molecule has 164 valence electrons. The maximum Gasteiger partial charge on any atom is 0.268 e. The summed E-state index contributed by atoms with van der Waals surface area (Å²) in [6.45, 7) is 6.38. The molecule has 7 nitrogen and oxygen atoms in total. The molecule has 0 aromatic heterocycles. The van der Waals surface area contributed by atoms with Gasteiger partial charge < -0.3 is 24.8 Å². The molecule has 1 N–H and O–H groups in total. The van der Waals surface area contributed by atoms with E-state index in [2.05, 4.69) is 34.3 Å². The van der Waals surface area contributed by atoms with E-state index in [1.54, 1.807) is 4.90 Å². The second-order valence-electron chi connectivity index (χ2n) is 8.11. The predicted octanol–water partition coefficient (Wildman–Crippen LogP) is 2.97. The van der Waals surface area contributed by atoms with E-state index < -0.39 is 6.10 Å². The molecule has 2 aliphatic heterocycles. The van der Waals surface area contributed by atoms with Crippen molar-refractivity contribution in [1.29, 1.82) is 0 Å². The SMILES string of the molecule is CCC1Oc2ccccc2N(CCC(=O)Nc2ccc(N3CCN(C)CC3)cc2)C1=O. The van der Waals surface area contributed by atoms with E-state index in [-0.39, 0.29) is 18.2 Å². The third-order valence-corrected chi connectivity index (χ3v) is 5.92. The number of para-hydroxylation sites is 2. The molecule has 7 heteroatoms. The molecule has 1 saturated heterocycles. The van der Waals surface area contributed by atoms with Gasteiger partial charge in [0.05, 0.1) is 5.69 Å². The van der Waals surface area contributed by atoms with Gasteiger partial charge in [0.1, 0.15) is 5.75 Å². The summed E-state index contributed by atoms with van der Waals surface area (Å²) < 4.78 is 5.79. The van der Waals surface area contributed by atoms with Crippen LogP contribution < -0.4 is 19.9 Å². The number of rotatable bonds is 6. The molecule has 1 fully saturated rings. The number of ether oxygens (including phenoxy) is 1. The number of anilines is 3. The lowest BCUT2D eigenvalue weighted by atomic mass is 10.1. The van der Waals surface area contributed by atoms with Crippen molar-refractivity contribution in [3.8, 4) is 5.75 Å². The molecule has 0 spiro atoms. The van der Waals surface area contributed by atoms with Crippen LogP contribution in [0.5, 0.6) is 5.75 Å². The Hall–Kier alpha value is -3.06. The predicted molar refractivity (Wildman–Crippen MR) is 123 cm³/mol. The molecule has 2 heterocycles. The zero-order valence-corrected chi connectivity index (χ0v) is 18.2. The second-order valence-corrected chi connectivity index (χ2v) is 8.11. The molecule has 2 aromatic rings. The Balaban J connectivity index is 1.34. The molecule has 2 amide bonds. The average Bonchev–Trinajstić information content (AvgIpc) is 2.79. The van der Waals surface area contributed by atoms with Gasteiger partial charge in [0.15, 0.2) is 6.10 Å². The van der Waals surface area contributed by atoms with Crippen molar-refractivity contribution in [1.82, 2.24) is 4.90 Å². The summed E-state index contributed by atoms with van der Waals surface area (Å²) in [4.78, 5) is 31.7. The van der Waals surface area contributed by atoms with Crippen molar-refractivity contribution in [2.24, 2.45) is 0 Å². The Morgan fingerprint density at radius 3 is 2.48 bits per heavy atom. The van der Waals surface area contributed by atoms with E-state index in [1.807, 2.05) is 43.3 Å². The molecule has 2 aromatic carbocycles. The summed E-state index contributed by atoms with van der Waals surface area (Å²) in [5.41, 5.74) is 2.66. The monoisotopic (exact) mass is 422 g/mol. The van der Waals surface area contributed by atoms with Gasteiger partial charge in [-0.15, -0.1) is 0 Å². The van der Waals surface area contributed by atoms with Crippen LogP contribution in [0.2, 0.25) is 0 Å². The highest BCUT2D eigenvalue weighted by Gasteiger charge is 2.33. The molecular formula is C24H30N4O3. The minimum atomic E-state index is -0.500. The van der Waals surface area contributed by atoms with Gasteiger partial charge in [0, 0.05) is 50.5 Å². The highest BCUT2D eigenvalue weighted by molar-refractivity contribution is 6.01. The zero-order chi connectivity index (χ0) is 21.8. The number of hydrogen-bond donors (Lipinski definition) is 1. The van der Waals surface area contributed by atoms with E-state index >= 15 is 0 Å². The molecule has 2 aliphatic rings. The Kier molecular flexibility index (Phi) is 6.42. The van der Waals surface area contributed by atoms with Crippen molar-refractivity contribution < 1.29 is 14.3 Å². The fraction of sp³-hybridized carbons (Fsp3) is 0.417. The fourth-order valence-corrected chi connectivity index (χ4v) is 4.02. The topological polar surface area (TPSA) is 65.1 Å². The van der Waals surface area contributed by atoms with Crippen LogP contribution in [0.25, 0.3) is 0 Å². The lowest BCUT2D eigenvalue weighted by molar-refractivity contribution is -0.126. The van der Waals surface area contributed by atoms with Gasteiger partial charge in [-0.1, -0.05) is 19.1 Å². The minimum absolute atomic E-state index is 0.0921. The molecule has 0 radical (unpaired) electrons. The molecule has 31 heavy (non-hydrogen) atoms. The summed E-state index contributed by atoms with van der Waals surface area (Å²) >= 11 is 0. The van der Waals surface area contributed by atoms with Gasteiger partial charge in [-0.25, -0.2) is 0 Å². The molecule has 1 unspecified atom stereocenters. The van der Waals surface area contributed by atoms with Crippen molar-refractivity contribution in [2.75, 3.05) is 54.9 Å². The average molecular weight is 423 g/mol. The Morgan fingerprint density at radius 1 is 1.06 bits per heavy atom. The number of nitrogens with zero attached hydrogens (tertiary/aromatic N) is 3. The Morgan fingerprint density at radius 2 is 1.77 bits per heavy atom. The maximum atomic E-state index is 12.8. The number of benzene rings is 2. The summed E-state index contributed by atoms with van der Waals surface area (Å²) in [6, 6.07) is 15.5. The van der Waals surface area contributed by atoms with Crippen molar-refractivity contribution in [2.45, 2.75) is 25.9 Å². The van der Waals surface area contributed by atoms with E-state index in [1.165, 1.54) is 5.69 Å². The molecule has 0 bridgehead atoms. The van der Waals surface area contributed by atoms with Crippen molar-refractivity contribution in [3.63, 3.8) is 0 Å². The van der Waals surface area contributed by atoms with Crippen LogP contribution in [0.15, 0.2) is 48.5 Å². The minimum Gasteiger partial charge on any atom is -0.478 e. The van der Waals surface area contributed by atoms with E-state index in [9.17, 15) is 9.59 Å². The molecular weight excluding hydrogens is 392 g/mol.